The van der Waals surface area contributed by atoms with E-state index < -0.39 is 0 Å². The van der Waals surface area contributed by atoms with Gasteiger partial charge in [0.2, 0.25) is 0 Å². The summed E-state index contributed by atoms with van der Waals surface area (Å²) in [5.41, 5.74) is 3.72. The van der Waals surface area contributed by atoms with Gasteiger partial charge in [0.15, 0.2) is 0 Å². The first-order valence-electron chi connectivity index (χ1n) is 7.94. The van der Waals surface area contributed by atoms with Crippen molar-refractivity contribution in [3.05, 3.63) is 40.6 Å². The van der Waals surface area contributed by atoms with Crippen LogP contribution in [0.15, 0.2) is 16.5 Å². The van der Waals surface area contributed by atoms with Crippen LogP contribution in [0.2, 0.25) is 0 Å². The molecule has 2 aromatic rings. The Hall–Kier alpha value is -1.55. The molecule has 0 aliphatic rings. The van der Waals surface area contributed by atoms with Crippen molar-refractivity contribution in [3.63, 3.8) is 0 Å². The van der Waals surface area contributed by atoms with Gasteiger partial charge in [-0.3, -0.25) is 4.68 Å². The second-order valence-corrected chi connectivity index (χ2v) is 5.48. The van der Waals surface area contributed by atoms with Crippen molar-refractivity contribution >= 4 is 0 Å². The van der Waals surface area contributed by atoms with Gasteiger partial charge in [-0.1, -0.05) is 13.8 Å². The standard InChI is InChI=1S/C17H27N3O/c1-6-14-10-15(20(8-3)19-14)11-17(18-7-2)16-9-12(4)21-13(16)5/h9-10,17-18H,6-8,11H2,1-5H3. The molecule has 4 nitrogen and oxygen atoms in total. The molecular weight excluding hydrogens is 262 g/mol. The summed E-state index contributed by atoms with van der Waals surface area (Å²) in [7, 11) is 0. The molecule has 21 heavy (non-hydrogen) atoms. The molecule has 1 atom stereocenters. The minimum absolute atomic E-state index is 0.277. The van der Waals surface area contributed by atoms with Crippen molar-refractivity contribution in [3.8, 4) is 0 Å². The third kappa shape index (κ3) is 3.56. The molecule has 2 aromatic heterocycles. The van der Waals surface area contributed by atoms with Crippen LogP contribution in [0.4, 0.5) is 0 Å². The average molecular weight is 289 g/mol. The number of nitrogens with one attached hydrogen (secondary N) is 1. The van der Waals surface area contributed by atoms with Gasteiger partial charge in [0, 0.05) is 30.3 Å². The second kappa shape index (κ2) is 6.94. The lowest BCUT2D eigenvalue weighted by atomic mass is 10.0. The summed E-state index contributed by atoms with van der Waals surface area (Å²) in [6.45, 7) is 12.3. The number of hydrogen-bond acceptors (Lipinski definition) is 3. The average Bonchev–Trinajstić information content (AvgIpc) is 3.01. The Kier molecular flexibility index (Phi) is 5.23. The van der Waals surface area contributed by atoms with Gasteiger partial charge < -0.3 is 9.73 Å². The quantitative estimate of drug-likeness (QED) is 0.847. The monoisotopic (exact) mass is 289 g/mol. The van der Waals surface area contributed by atoms with Gasteiger partial charge in [0.25, 0.3) is 0 Å². The van der Waals surface area contributed by atoms with E-state index in [1.807, 2.05) is 13.8 Å². The van der Waals surface area contributed by atoms with Gasteiger partial charge in [-0.05, 0) is 45.9 Å². The van der Waals surface area contributed by atoms with E-state index in [0.29, 0.717) is 0 Å². The highest BCUT2D eigenvalue weighted by Crippen LogP contribution is 2.25. The Morgan fingerprint density at radius 3 is 2.52 bits per heavy atom. The molecule has 0 aliphatic heterocycles. The molecule has 2 heterocycles. The number of hydrogen-bond donors (Lipinski definition) is 1. The van der Waals surface area contributed by atoms with Gasteiger partial charge in [-0.15, -0.1) is 0 Å². The fraction of sp³-hybridized carbons (Fsp3) is 0.588. The van der Waals surface area contributed by atoms with Gasteiger partial charge in [-0.25, -0.2) is 0 Å². The molecule has 0 saturated carbocycles. The summed E-state index contributed by atoms with van der Waals surface area (Å²) in [6, 6.07) is 4.66. The third-order valence-electron chi connectivity index (χ3n) is 3.89. The molecular formula is C17H27N3O. The lowest BCUT2D eigenvalue weighted by Gasteiger charge is -2.18. The van der Waals surface area contributed by atoms with Crippen molar-refractivity contribution < 1.29 is 4.42 Å². The number of aromatic nitrogens is 2. The van der Waals surface area contributed by atoms with Crippen molar-refractivity contribution in [2.45, 2.75) is 60.0 Å². The Bertz CT molecular complexity index is 583. The van der Waals surface area contributed by atoms with Crippen LogP contribution in [0.3, 0.4) is 0 Å². The molecule has 0 spiro atoms. The molecule has 0 aliphatic carbocycles. The van der Waals surface area contributed by atoms with Gasteiger partial charge in [0.05, 0.1) is 5.69 Å². The van der Waals surface area contributed by atoms with E-state index in [0.717, 1.165) is 37.5 Å². The van der Waals surface area contributed by atoms with Crippen LogP contribution in [0, 0.1) is 13.8 Å². The molecule has 1 unspecified atom stereocenters. The zero-order valence-electron chi connectivity index (χ0n) is 13.9. The summed E-state index contributed by atoms with van der Waals surface area (Å²) in [6.07, 6.45) is 1.92. The summed E-state index contributed by atoms with van der Waals surface area (Å²) in [5, 5.41) is 8.23. The van der Waals surface area contributed by atoms with Crippen LogP contribution >= 0.6 is 0 Å². The third-order valence-corrected chi connectivity index (χ3v) is 3.89. The summed E-state index contributed by atoms with van der Waals surface area (Å²) in [5.74, 6) is 1.99. The van der Waals surface area contributed by atoms with Crippen molar-refractivity contribution in [1.82, 2.24) is 15.1 Å². The molecule has 0 amide bonds. The largest absolute Gasteiger partial charge is 0.466 e. The molecule has 0 radical (unpaired) electrons. The van der Waals surface area contributed by atoms with E-state index in [1.165, 1.54) is 17.0 Å². The SMILES string of the molecule is CCNC(Cc1cc(CC)nn1CC)c1cc(C)oc1C. The first kappa shape index (κ1) is 15.8. The van der Waals surface area contributed by atoms with E-state index in [-0.39, 0.29) is 6.04 Å². The highest BCUT2D eigenvalue weighted by molar-refractivity contribution is 5.26. The number of aryl methyl sites for hydroxylation is 4. The molecule has 0 saturated heterocycles. The predicted octanol–water partition coefficient (Wildman–Crippen LogP) is 3.57. The Morgan fingerprint density at radius 2 is 2.00 bits per heavy atom. The Morgan fingerprint density at radius 1 is 1.24 bits per heavy atom. The van der Waals surface area contributed by atoms with Gasteiger partial charge in [0.1, 0.15) is 11.5 Å². The number of likely N-dealkylation sites (N-methyl/N-ethyl adjacent to an activating group) is 1. The molecule has 0 bridgehead atoms. The van der Waals surface area contributed by atoms with Crippen LogP contribution in [-0.4, -0.2) is 16.3 Å². The second-order valence-electron chi connectivity index (χ2n) is 5.48. The highest BCUT2D eigenvalue weighted by Gasteiger charge is 2.19. The van der Waals surface area contributed by atoms with Crippen LogP contribution in [0.5, 0.6) is 0 Å². The van der Waals surface area contributed by atoms with Crippen LogP contribution in [-0.2, 0) is 19.4 Å². The fourth-order valence-corrected chi connectivity index (χ4v) is 2.87. The fourth-order valence-electron chi connectivity index (χ4n) is 2.87. The number of nitrogens with zero attached hydrogens (tertiary/aromatic N) is 2. The molecule has 4 heteroatoms. The van der Waals surface area contributed by atoms with Gasteiger partial charge >= 0.3 is 0 Å². The first-order chi connectivity index (χ1) is 10.1. The topological polar surface area (TPSA) is 43.0 Å². The van der Waals surface area contributed by atoms with E-state index in [1.54, 1.807) is 0 Å². The molecule has 0 fully saturated rings. The lowest BCUT2D eigenvalue weighted by molar-refractivity contribution is 0.477. The van der Waals surface area contributed by atoms with E-state index in [9.17, 15) is 0 Å². The molecule has 1 N–H and O–H groups in total. The van der Waals surface area contributed by atoms with Crippen molar-refractivity contribution in [2.75, 3.05) is 6.54 Å². The number of furan rings is 1. The van der Waals surface area contributed by atoms with Crippen molar-refractivity contribution in [2.24, 2.45) is 0 Å². The zero-order valence-corrected chi connectivity index (χ0v) is 13.9. The summed E-state index contributed by atoms with van der Waals surface area (Å²) in [4.78, 5) is 0. The van der Waals surface area contributed by atoms with Crippen LogP contribution < -0.4 is 5.32 Å². The Balaban J connectivity index is 2.27. The smallest absolute Gasteiger partial charge is 0.105 e. The highest BCUT2D eigenvalue weighted by atomic mass is 16.3. The predicted molar refractivity (Wildman–Crippen MR) is 85.6 cm³/mol. The maximum absolute atomic E-state index is 5.70. The summed E-state index contributed by atoms with van der Waals surface area (Å²) < 4.78 is 7.82. The maximum Gasteiger partial charge on any atom is 0.105 e. The van der Waals surface area contributed by atoms with Gasteiger partial charge in [-0.2, -0.15) is 5.10 Å². The van der Waals surface area contributed by atoms with Crippen LogP contribution in [0.25, 0.3) is 0 Å². The van der Waals surface area contributed by atoms with E-state index >= 15 is 0 Å². The van der Waals surface area contributed by atoms with E-state index in [2.05, 4.69) is 48.0 Å². The maximum atomic E-state index is 5.70. The molecule has 2 rings (SSSR count). The molecule has 0 aromatic carbocycles. The minimum Gasteiger partial charge on any atom is -0.466 e. The zero-order chi connectivity index (χ0) is 15.4. The van der Waals surface area contributed by atoms with E-state index in [4.69, 9.17) is 4.42 Å². The van der Waals surface area contributed by atoms with Crippen molar-refractivity contribution in [1.29, 1.82) is 0 Å². The minimum atomic E-state index is 0.277. The Labute approximate surface area is 127 Å². The number of rotatable bonds is 7. The normalized spacial score (nSPS) is 12.8. The first-order valence-corrected chi connectivity index (χ1v) is 7.94. The lowest BCUT2D eigenvalue weighted by Crippen LogP contribution is -2.24. The molecule has 116 valence electrons. The summed E-state index contributed by atoms with van der Waals surface area (Å²) >= 11 is 0. The van der Waals surface area contributed by atoms with Crippen LogP contribution in [0.1, 0.15) is 55.3 Å².